The van der Waals surface area contributed by atoms with Crippen LogP contribution >= 0.6 is 22.9 Å². The highest BCUT2D eigenvalue weighted by atomic mass is 35.5. The molecule has 0 unspecified atom stereocenters. The van der Waals surface area contributed by atoms with Crippen LogP contribution in [0.15, 0.2) is 60.0 Å². The number of amides is 3. The van der Waals surface area contributed by atoms with Crippen LogP contribution in [-0.4, -0.2) is 23.4 Å². The molecule has 0 saturated carbocycles. The lowest BCUT2D eigenvalue weighted by molar-refractivity contribution is 0.0739. The highest BCUT2D eigenvalue weighted by Gasteiger charge is 2.22. The van der Waals surface area contributed by atoms with Crippen molar-refractivity contribution in [2.75, 3.05) is 17.2 Å². The molecule has 142 valence electrons. The minimum atomic E-state index is -0.343. The van der Waals surface area contributed by atoms with Crippen molar-refractivity contribution >= 4 is 46.3 Å². The van der Waals surface area contributed by atoms with Crippen molar-refractivity contribution in [3.8, 4) is 0 Å². The van der Waals surface area contributed by atoms with Gasteiger partial charge in [-0.05, 0) is 59.3 Å². The zero-order valence-corrected chi connectivity index (χ0v) is 16.5. The van der Waals surface area contributed by atoms with Crippen molar-refractivity contribution in [3.63, 3.8) is 0 Å². The van der Waals surface area contributed by atoms with Crippen LogP contribution in [0.1, 0.15) is 20.8 Å². The predicted octanol–water partition coefficient (Wildman–Crippen LogP) is 5.24. The summed E-state index contributed by atoms with van der Waals surface area (Å²) in [6.07, 6.45) is 0.807. The molecule has 2 heterocycles. The summed E-state index contributed by atoms with van der Waals surface area (Å²) in [5.74, 6) is 0.0534. The number of urea groups is 1. The lowest BCUT2D eigenvalue weighted by Gasteiger charge is -2.29. The average molecular weight is 412 g/mol. The molecule has 0 saturated heterocycles. The molecular formula is C21H18ClN3O2S. The molecule has 28 heavy (non-hydrogen) atoms. The van der Waals surface area contributed by atoms with Gasteiger partial charge in [-0.2, -0.15) is 0 Å². The van der Waals surface area contributed by atoms with Crippen molar-refractivity contribution in [1.29, 1.82) is 0 Å². The first-order valence-corrected chi connectivity index (χ1v) is 10.1. The topological polar surface area (TPSA) is 61.4 Å². The third kappa shape index (κ3) is 4.18. The molecule has 1 aliphatic rings. The van der Waals surface area contributed by atoms with E-state index in [1.54, 1.807) is 24.3 Å². The number of rotatable bonds is 3. The lowest BCUT2D eigenvalue weighted by Crippen LogP contribution is -2.35. The third-order valence-electron chi connectivity index (χ3n) is 4.58. The summed E-state index contributed by atoms with van der Waals surface area (Å²) >= 11 is 7.39. The Morgan fingerprint density at radius 3 is 2.54 bits per heavy atom. The standard InChI is InChI=1S/C21H18ClN3O2S/c22-16-3-1-4-17(12-16)23-21(27)24-18-7-6-14-8-9-25(13-15(14)11-18)20(26)19-5-2-10-28-19/h1-7,10-12H,8-9,13H2,(H2,23,24,27). The van der Waals surface area contributed by atoms with Crippen LogP contribution in [0.5, 0.6) is 0 Å². The van der Waals surface area contributed by atoms with Gasteiger partial charge in [-0.25, -0.2) is 4.79 Å². The van der Waals surface area contributed by atoms with E-state index in [0.717, 1.165) is 16.9 Å². The first kappa shape index (κ1) is 18.5. The van der Waals surface area contributed by atoms with Crippen molar-refractivity contribution in [2.24, 2.45) is 0 Å². The van der Waals surface area contributed by atoms with Crippen LogP contribution in [0.2, 0.25) is 5.02 Å². The van der Waals surface area contributed by atoms with Gasteiger partial charge < -0.3 is 15.5 Å². The number of benzene rings is 2. The number of halogens is 1. The first-order chi connectivity index (χ1) is 13.6. The largest absolute Gasteiger partial charge is 0.333 e. The van der Waals surface area contributed by atoms with E-state index in [4.69, 9.17) is 11.6 Å². The maximum Gasteiger partial charge on any atom is 0.323 e. The Bertz CT molecular complexity index is 1020. The van der Waals surface area contributed by atoms with Crippen molar-refractivity contribution in [2.45, 2.75) is 13.0 Å². The van der Waals surface area contributed by atoms with Gasteiger partial charge in [-0.3, -0.25) is 4.79 Å². The zero-order valence-electron chi connectivity index (χ0n) is 14.9. The van der Waals surface area contributed by atoms with Gasteiger partial charge in [0.25, 0.3) is 5.91 Å². The van der Waals surface area contributed by atoms with E-state index in [-0.39, 0.29) is 11.9 Å². The molecule has 0 bridgehead atoms. The van der Waals surface area contributed by atoms with Crippen LogP contribution in [0.25, 0.3) is 0 Å². The molecule has 0 spiro atoms. The second-order valence-corrected chi connectivity index (χ2v) is 7.91. The SMILES string of the molecule is O=C(Nc1cccc(Cl)c1)Nc1ccc2c(c1)CN(C(=O)c1cccs1)CC2. The molecule has 1 aromatic heterocycles. The van der Waals surface area contributed by atoms with E-state index in [1.165, 1.54) is 16.9 Å². The quantitative estimate of drug-likeness (QED) is 0.618. The van der Waals surface area contributed by atoms with E-state index >= 15 is 0 Å². The summed E-state index contributed by atoms with van der Waals surface area (Å²) in [5, 5.41) is 8.06. The van der Waals surface area contributed by atoms with E-state index in [1.807, 2.05) is 40.6 Å². The summed E-state index contributed by atoms with van der Waals surface area (Å²) in [7, 11) is 0. The molecule has 5 nitrogen and oxygen atoms in total. The number of nitrogens with zero attached hydrogens (tertiary/aromatic N) is 1. The third-order valence-corrected chi connectivity index (χ3v) is 5.67. The number of nitrogens with one attached hydrogen (secondary N) is 2. The predicted molar refractivity (Wildman–Crippen MR) is 113 cm³/mol. The smallest absolute Gasteiger partial charge is 0.323 e. The van der Waals surface area contributed by atoms with Gasteiger partial charge in [0.05, 0.1) is 4.88 Å². The van der Waals surface area contributed by atoms with E-state index < -0.39 is 0 Å². The number of carbonyl (C=O) groups excluding carboxylic acids is 2. The fraction of sp³-hybridized carbons (Fsp3) is 0.143. The van der Waals surface area contributed by atoms with Gasteiger partial charge in [-0.1, -0.05) is 29.8 Å². The first-order valence-electron chi connectivity index (χ1n) is 8.86. The van der Waals surface area contributed by atoms with Gasteiger partial charge in [0, 0.05) is 29.5 Å². The van der Waals surface area contributed by atoms with Gasteiger partial charge in [0.1, 0.15) is 0 Å². The molecule has 3 amide bonds. The summed E-state index contributed by atoms with van der Waals surface area (Å²) < 4.78 is 0. The summed E-state index contributed by atoms with van der Waals surface area (Å²) in [6, 6.07) is 16.2. The molecule has 3 aromatic rings. The van der Waals surface area contributed by atoms with Crippen LogP contribution < -0.4 is 10.6 Å². The zero-order chi connectivity index (χ0) is 19.5. The fourth-order valence-electron chi connectivity index (χ4n) is 3.22. The number of carbonyl (C=O) groups is 2. The average Bonchev–Trinajstić information content (AvgIpc) is 3.21. The molecule has 0 radical (unpaired) electrons. The van der Waals surface area contributed by atoms with E-state index in [2.05, 4.69) is 10.6 Å². The van der Waals surface area contributed by atoms with Crippen LogP contribution in [0.3, 0.4) is 0 Å². The van der Waals surface area contributed by atoms with Gasteiger partial charge in [0.2, 0.25) is 0 Å². The molecule has 2 aromatic carbocycles. The molecule has 0 aliphatic carbocycles. The van der Waals surface area contributed by atoms with Crippen molar-refractivity contribution in [3.05, 3.63) is 81.0 Å². The molecule has 0 fully saturated rings. The summed E-state index contributed by atoms with van der Waals surface area (Å²) in [5.41, 5.74) is 3.56. The molecule has 4 rings (SSSR count). The highest BCUT2D eigenvalue weighted by molar-refractivity contribution is 7.12. The number of fused-ring (bicyclic) bond motifs is 1. The second-order valence-electron chi connectivity index (χ2n) is 6.53. The van der Waals surface area contributed by atoms with Gasteiger partial charge in [-0.15, -0.1) is 11.3 Å². The van der Waals surface area contributed by atoms with E-state index in [0.29, 0.717) is 29.5 Å². The van der Waals surface area contributed by atoms with Crippen LogP contribution in [0, 0.1) is 0 Å². The number of hydrogen-bond acceptors (Lipinski definition) is 3. The Kier molecular flexibility index (Phi) is 5.32. The maximum atomic E-state index is 12.6. The highest BCUT2D eigenvalue weighted by Crippen LogP contribution is 2.25. The molecule has 2 N–H and O–H groups in total. The number of anilines is 2. The Morgan fingerprint density at radius 1 is 0.964 bits per heavy atom. The van der Waals surface area contributed by atoms with Crippen molar-refractivity contribution in [1.82, 2.24) is 4.90 Å². The summed E-state index contributed by atoms with van der Waals surface area (Å²) in [6.45, 7) is 1.24. The fourth-order valence-corrected chi connectivity index (χ4v) is 4.11. The summed E-state index contributed by atoms with van der Waals surface area (Å²) in [4.78, 5) is 27.5. The Hall–Kier alpha value is -2.83. The van der Waals surface area contributed by atoms with Gasteiger partial charge >= 0.3 is 6.03 Å². The normalized spacial score (nSPS) is 13.0. The van der Waals surface area contributed by atoms with Gasteiger partial charge in [0.15, 0.2) is 0 Å². The Morgan fingerprint density at radius 2 is 1.79 bits per heavy atom. The molecule has 0 atom stereocenters. The number of thiophene rings is 1. The Labute approximate surface area is 171 Å². The molecular weight excluding hydrogens is 394 g/mol. The minimum Gasteiger partial charge on any atom is -0.333 e. The maximum absolute atomic E-state index is 12.6. The van der Waals surface area contributed by atoms with Crippen LogP contribution in [-0.2, 0) is 13.0 Å². The monoisotopic (exact) mass is 411 g/mol. The van der Waals surface area contributed by atoms with Crippen LogP contribution in [0.4, 0.5) is 16.2 Å². The lowest BCUT2D eigenvalue weighted by atomic mass is 9.99. The molecule has 7 heteroatoms. The number of hydrogen-bond donors (Lipinski definition) is 2. The minimum absolute atomic E-state index is 0.0534. The second kappa shape index (κ2) is 8.04. The Balaban J connectivity index is 1.44. The van der Waals surface area contributed by atoms with E-state index in [9.17, 15) is 9.59 Å². The molecule has 1 aliphatic heterocycles. The van der Waals surface area contributed by atoms with Crippen molar-refractivity contribution < 1.29 is 9.59 Å².